The zero-order valence-corrected chi connectivity index (χ0v) is 13.0. The lowest BCUT2D eigenvalue weighted by Crippen LogP contribution is -2.44. The van der Waals surface area contributed by atoms with Gasteiger partial charge in [-0.1, -0.05) is 0 Å². The Kier molecular flexibility index (Phi) is 5.69. The zero-order valence-electron chi connectivity index (χ0n) is 12.2. The SMILES string of the molecule is Cc1nscc1C(=O)NC1CCC(NC(=O)CCN)CC1. The van der Waals surface area contributed by atoms with E-state index in [0.717, 1.165) is 31.4 Å². The Morgan fingerprint density at radius 1 is 1.29 bits per heavy atom. The number of aromatic nitrogens is 1. The standard InChI is InChI=1S/C14H22N4O2S/c1-9-12(8-21-18-9)14(20)17-11-4-2-10(3-5-11)16-13(19)6-7-15/h8,10-11H,2-7,15H2,1H3,(H,16,19)(H,17,20). The molecule has 0 bridgehead atoms. The highest BCUT2D eigenvalue weighted by Gasteiger charge is 2.24. The van der Waals surface area contributed by atoms with Crippen LogP contribution in [0.15, 0.2) is 5.38 Å². The van der Waals surface area contributed by atoms with Gasteiger partial charge in [-0.3, -0.25) is 9.59 Å². The minimum Gasteiger partial charge on any atom is -0.353 e. The first kappa shape index (κ1) is 15.9. The van der Waals surface area contributed by atoms with Crippen LogP contribution < -0.4 is 16.4 Å². The lowest BCUT2D eigenvalue weighted by Gasteiger charge is -2.29. The molecular formula is C14H22N4O2S. The lowest BCUT2D eigenvalue weighted by molar-refractivity contribution is -0.121. The molecule has 1 heterocycles. The molecular weight excluding hydrogens is 288 g/mol. The van der Waals surface area contributed by atoms with E-state index in [2.05, 4.69) is 15.0 Å². The van der Waals surface area contributed by atoms with Crippen molar-refractivity contribution in [1.29, 1.82) is 0 Å². The zero-order chi connectivity index (χ0) is 15.2. The first-order chi connectivity index (χ1) is 10.1. The maximum Gasteiger partial charge on any atom is 0.254 e. The predicted octanol–water partition coefficient (Wildman–Crippen LogP) is 0.958. The number of rotatable bonds is 5. The third-order valence-electron chi connectivity index (χ3n) is 3.79. The maximum absolute atomic E-state index is 12.1. The van der Waals surface area contributed by atoms with Crippen LogP contribution in [0.3, 0.4) is 0 Å². The van der Waals surface area contributed by atoms with E-state index in [1.807, 2.05) is 6.92 Å². The molecule has 0 radical (unpaired) electrons. The minimum atomic E-state index is -0.0446. The van der Waals surface area contributed by atoms with Gasteiger partial charge in [0.2, 0.25) is 5.91 Å². The molecule has 0 aliphatic heterocycles. The molecule has 2 rings (SSSR count). The summed E-state index contributed by atoms with van der Waals surface area (Å²) in [6.07, 6.45) is 3.93. The Morgan fingerprint density at radius 2 is 1.90 bits per heavy atom. The van der Waals surface area contributed by atoms with Crippen LogP contribution in [0.4, 0.5) is 0 Å². The Bertz CT molecular complexity index is 495. The summed E-state index contributed by atoms with van der Waals surface area (Å²) < 4.78 is 4.12. The Hall–Kier alpha value is -1.47. The molecule has 0 atom stereocenters. The molecule has 21 heavy (non-hydrogen) atoms. The van der Waals surface area contributed by atoms with Gasteiger partial charge in [0.25, 0.3) is 5.91 Å². The molecule has 4 N–H and O–H groups in total. The van der Waals surface area contributed by atoms with Gasteiger partial charge < -0.3 is 16.4 Å². The van der Waals surface area contributed by atoms with Gasteiger partial charge in [-0.25, -0.2) is 0 Å². The molecule has 7 heteroatoms. The van der Waals surface area contributed by atoms with Crippen molar-refractivity contribution in [3.8, 4) is 0 Å². The second-order valence-electron chi connectivity index (χ2n) is 5.44. The van der Waals surface area contributed by atoms with E-state index in [0.29, 0.717) is 18.5 Å². The van der Waals surface area contributed by atoms with Gasteiger partial charge in [-0.05, 0) is 44.1 Å². The largest absolute Gasteiger partial charge is 0.353 e. The minimum absolute atomic E-state index is 0.0185. The van der Waals surface area contributed by atoms with Crippen LogP contribution in [0.5, 0.6) is 0 Å². The van der Waals surface area contributed by atoms with E-state index in [1.54, 1.807) is 5.38 Å². The molecule has 116 valence electrons. The van der Waals surface area contributed by atoms with Crippen LogP contribution >= 0.6 is 11.5 Å². The van der Waals surface area contributed by atoms with Crippen LogP contribution in [0.25, 0.3) is 0 Å². The number of hydrogen-bond donors (Lipinski definition) is 3. The third-order valence-corrected chi connectivity index (χ3v) is 4.51. The van der Waals surface area contributed by atoms with Crippen molar-refractivity contribution in [2.24, 2.45) is 5.73 Å². The quantitative estimate of drug-likeness (QED) is 0.754. The summed E-state index contributed by atoms with van der Waals surface area (Å²) >= 11 is 1.30. The summed E-state index contributed by atoms with van der Waals surface area (Å²) in [5.41, 5.74) is 6.80. The Labute approximate surface area is 128 Å². The predicted molar refractivity (Wildman–Crippen MR) is 82.2 cm³/mol. The highest BCUT2D eigenvalue weighted by molar-refractivity contribution is 7.03. The summed E-state index contributed by atoms with van der Waals surface area (Å²) in [5.74, 6) is -0.0261. The fraction of sp³-hybridized carbons (Fsp3) is 0.643. The van der Waals surface area contributed by atoms with E-state index in [9.17, 15) is 9.59 Å². The molecule has 2 amide bonds. The van der Waals surface area contributed by atoms with Crippen LogP contribution in [-0.4, -0.2) is 34.8 Å². The highest BCUT2D eigenvalue weighted by Crippen LogP contribution is 2.19. The fourth-order valence-corrected chi connectivity index (χ4v) is 3.28. The summed E-state index contributed by atoms with van der Waals surface area (Å²) in [6, 6.07) is 0.390. The van der Waals surface area contributed by atoms with Crippen molar-refractivity contribution in [2.45, 2.75) is 51.1 Å². The van der Waals surface area contributed by atoms with Gasteiger partial charge in [0.1, 0.15) is 0 Å². The molecule has 0 unspecified atom stereocenters. The molecule has 1 aliphatic carbocycles. The van der Waals surface area contributed by atoms with Crippen molar-refractivity contribution in [3.05, 3.63) is 16.6 Å². The molecule has 1 fully saturated rings. The molecule has 1 aliphatic rings. The summed E-state index contributed by atoms with van der Waals surface area (Å²) in [6.45, 7) is 2.22. The average molecular weight is 310 g/mol. The second-order valence-corrected chi connectivity index (χ2v) is 6.07. The molecule has 1 saturated carbocycles. The van der Waals surface area contributed by atoms with Gasteiger partial charge in [0, 0.05) is 30.4 Å². The Morgan fingerprint density at radius 3 is 2.43 bits per heavy atom. The average Bonchev–Trinajstić information content (AvgIpc) is 2.87. The van der Waals surface area contributed by atoms with Crippen LogP contribution in [0, 0.1) is 6.92 Å². The number of aryl methyl sites for hydroxylation is 1. The Balaban J connectivity index is 1.75. The summed E-state index contributed by atoms with van der Waals surface area (Å²) in [4.78, 5) is 23.6. The van der Waals surface area contributed by atoms with Gasteiger partial charge >= 0.3 is 0 Å². The van der Waals surface area contributed by atoms with E-state index >= 15 is 0 Å². The van der Waals surface area contributed by atoms with Crippen molar-refractivity contribution >= 4 is 23.3 Å². The van der Waals surface area contributed by atoms with E-state index < -0.39 is 0 Å². The van der Waals surface area contributed by atoms with Gasteiger partial charge in [-0.15, -0.1) is 0 Å². The van der Waals surface area contributed by atoms with Gasteiger partial charge in [0.15, 0.2) is 0 Å². The van der Waals surface area contributed by atoms with Crippen molar-refractivity contribution in [1.82, 2.24) is 15.0 Å². The number of carbonyl (C=O) groups is 2. The summed E-state index contributed by atoms with van der Waals surface area (Å²) in [5, 5.41) is 7.83. The van der Waals surface area contributed by atoms with Gasteiger partial charge in [-0.2, -0.15) is 4.37 Å². The van der Waals surface area contributed by atoms with E-state index in [1.165, 1.54) is 11.5 Å². The third kappa shape index (κ3) is 4.50. The summed E-state index contributed by atoms with van der Waals surface area (Å²) in [7, 11) is 0. The normalized spacial score (nSPS) is 21.8. The lowest BCUT2D eigenvalue weighted by atomic mass is 9.91. The highest BCUT2D eigenvalue weighted by atomic mass is 32.1. The smallest absolute Gasteiger partial charge is 0.254 e. The number of hydrogen-bond acceptors (Lipinski definition) is 5. The first-order valence-electron chi connectivity index (χ1n) is 7.31. The number of amides is 2. The first-order valence-corrected chi connectivity index (χ1v) is 8.15. The monoisotopic (exact) mass is 310 g/mol. The fourth-order valence-electron chi connectivity index (χ4n) is 2.59. The molecule has 0 aromatic carbocycles. The second kappa shape index (κ2) is 7.51. The van der Waals surface area contributed by atoms with Crippen molar-refractivity contribution in [3.63, 3.8) is 0 Å². The molecule has 6 nitrogen and oxygen atoms in total. The topological polar surface area (TPSA) is 97.1 Å². The molecule has 0 saturated heterocycles. The van der Waals surface area contributed by atoms with Crippen LogP contribution in [0.2, 0.25) is 0 Å². The molecule has 1 aromatic rings. The van der Waals surface area contributed by atoms with Gasteiger partial charge in [0.05, 0.1) is 11.3 Å². The van der Waals surface area contributed by atoms with Crippen molar-refractivity contribution in [2.75, 3.05) is 6.54 Å². The van der Waals surface area contributed by atoms with Crippen LogP contribution in [-0.2, 0) is 4.79 Å². The number of nitrogens with two attached hydrogens (primary N) is 1. The number of nitrogens with one attached hydrogen (secondary N) is 2. The number of nitrogens with zero attached hydrogens (tertiary/aromatic N) is 1. The van der Waals surface area contributed by atoms with Crippen LogP contribution in [0.1, 0.15) is 48.2 Å². The molecule has 1 aromatic heterocycles. The van der Waals surface area contributed by atoms with Crippen molar-refractivity contribution < 1.29 is 9.59 Å². The maximum atomic E-state index is 12.1. The van der Waals surface area contributed by atoms with E-state index in [4.69, 9.17) is 5.73 Å². The molecule has 0 spiro atoms. The number of carbonyl (C=O) groups excluding carboxylic acids is 2. The van der Waals surface area contributed by atoms with E-state index in [-0.39, 0.29) is 23.9 Å².